The van der Waals surface area contributed by atoms with Gasteiger partial charge in [0.2, 0.25) is 0 Å². The lowest BCUT2D eigenvalue weighted by molar-refractivity contribution is 0.0526. The molecular formula is C27H21ClO2. The first-order valence-electron chi connectivity index (χ1n) is 9.88. The first-order valence-corrected chi connectivity index (χ1v) is 10.3. The van der Waals surface area contributed by atoms with E-state index >= 15 is 0 Å². The van der Waals surface area contributed by atoms with Crippen LogP contribution in [0.3, 0.4) is 0 Å². The Morgan fingerprint density at radius 2 is 1.13 bits per heavy atom. The van der Waals surface area contributed by atoms with Gasteiger partial charge in [0.25, 0.3) is 0 Å². The Balaban J connectivity index is 1.55. The first-order chi connectivity index (χ1) is 14.6. The van der Waals surface area contributed by atoms with Crippen molar-refractivity contribution in [3.63, 3.8) is 0 Å². The van der Waals surface area contributed by atoms with Crippen molar-refractivity contribution >= 4 is 17.6 Å². The van der Waals surface area contributed by atoms with Crippen molar-refractivity contribution in [3.05, 3.63) is 108 Å². The number of carbonyl (C=O) groups excluding carboxylic acids is 1. The summed E-state index contributed by atoms with van der Waals surface area (Å²) in [4.78, 5) is 12.0. The smallest absolute Gasteiger partial charge is 0.338 e. The van der Waals surface area contributed by atoms with Crippen LogP contribution in [0.1, 0.15) is 17.3 Å². The van der Waals surface area contributed by atoms with Gasteiger partial charge >= 0.3 is 5.97 Å². The zero-order valence-electron chi connectivity index (χ0n) is 16.6. The summed E-state index contributed by atoms with van der Waals surface area (Å²) in [5.41, 5.74) is 7.13. The highest BCUT2D eigenvalue weighted by Crippen LogP contribution is 2.28. The molecule has 0 unspecified atom stereocenters. The van der Waals surface area contributed by atoms with Crippen LogP contribution in [0.5, 0.6) is 0 Å². The van der Waals surface area contributed by atoms with Gasteiger partial charge in [0.15, 0.2) is 0 Å². The van der Waals surface area contributed by atoms with Crippen molar-refractivity contribution in [2.45, 2.75) is 6.92 Å². The van der Waals surface area contributed by atoms with Crippen molar-refractivity contribution in [2.75, 3.05) is 6.61 Å². The molecule has 0 saturated carbocycles. The Kier molecular flexibility index (Phi) is 5.97. The summed E-state index contributed by atoms with van der Waals surface area (Å²) in [5.74, 6) is -0.296. The monoisotopic (exact) mass is 412 g/mol. The zero-order chi connectivity index (χ0) is 20.9. The van der Waals surface area contributed by atoms with Gasteiger partial charge in [0.1, 0.15) is 0 Å². The second-order valence-corrected chi connectivity index (χ2v) is 7.40. The molecule has 0 spiro atoms. The van der Waals surface area contributed by atoms with Crippen LogP contribution in [0.4, 0.5) is 0 Å². The average molecular weight is 413 g/mol. The first kappa shape index (κ1) is 19.9. The van der Waals surface area contributed by atoms with E-state index in [1.54, 1.807) is 6.07 Å². The lowest BCUT2D eigenvalue weighted by Gasteiger charge is -2.08. The SMILES string of the molecule is CCOC(=O)c1cccc(-c2ccc(-c3ccc(-c4cccc(Cl)c4)cc3)cc2)c1. The minimum Gasteiger partial charge on any atom is -0.462 e. The fourth-order valence-electron chi connectivity index (χ4n) is 3.42. The molecule has 0 saturated heterocycles. The molecule has 30 heavy (non-hydrogen) atoms. The number of benzene rings is 4. The van der Waals surface area contributed by atoms with Gasteiger partial charge in [-0.1, -0.05) is 84.4 Å². The van der Waals surface area contributed by atoms with Gasteiger partial charge in [-0.2, -0.15) is 0 Å². The molecule has 0 radical (unpaired) electrons. The Morgan fingerprint density at radius 1 is 0.667 bits per heavy atom. The standard InChI is InChI=1S/C27H21ClO2/c1-2-30-27(29)25-7-3-5-23(17-25)21-13-9-19(10-14-21)20-11-15-22(16-12-20)24-6-4-8-26(28)18-24/h3-18H,2H2,1H3. The Morgan fingerprint density at radius 3 is 1.63 bits per heavy atom. The van der Waals surface area contributed by atoms with E-state index in [9.17, 15) is 4.79 Å². The van der Waals surface area contributed by atoms with E-state index in [4.69, 9.17) is 16.3 Å². The maximum absolute atomic E-state index is 12.0. The van der Waals surface area contributed by atoms with Gasteiger partial charge in [-0.3, -0.25) is 0 Å². The van der Waals surface area contributed by atoms with E-state index in [1.807, 2.05) is 43.3 Å². The quantitative estimate of drug-likeness (QED) is 0.317. The predicted molar refractivity (Wildman–Crippen MR) is 124 cm³/mol. The van der Waals surface area contributed by atoms with Crippen LogP contribution in [0.25, 0.3) is 33.4 Å². The summed E-state index contributed by atoms with van der Waals surface area (Å²) in [6.45, 7) is 2.18. The molecule has 0 atom stereocenters. The van der Waals surface area contributed by atoms with E-state index < -0.39 is 0 Å². The molecule has 3 heteroatoms. The maximum atomic E-state index is 12.0. The van der Waals surface area contributed by atoms with Crippen molar-refractivity contribution < 1.29 is 9.53 Å². The van der Waals surface area contributed by atoms with E-state index in [0.29, 0.717) is 12.2 Å². The lowest BCUT2D eigenvalue weighted by Crippen LogP contribution is -2.04. The van der Waals surface area contributed by atoms with Crippen LogP contribution in [-0.2, 0) is 4.74 Å². The molecule has 0 aliphatic carbocycles. The third kappa shape index (κ3) is 4.45. The van der Waals surface area contributed by atoms with Gasteiger partial charge in [-0.25, -0.2) is 4.79 Å². The summed E-state index contributed by atoms with van der Waals surface area (Å²) < 4.78 is 5.10. The van der Waals surface area contributed by atoms with Crippen LogP contribution in [0.15, 0.2) is 97.1 Å². The van der Waals surface area contributed by atoms with Crippen molar-refractivity contribution in [1.29, 1.82) is 0 Å². The molecule has 4 aromatic carbocycles. The maximum Gasteiger partial charge on any atom is 0.338 e. The largest absolute Gasteiger partial charge is 0.462 e. The molecule has 0 aromatic heterocycles. The van der Waals surface area contributed by atoms with Gasteiger partial charge in [-0.05, 0) is 64.6 Å². The number of ether oxygens (including phenoxy) is 1. The van der Waals surface area contributed by atoms with Crippen LogP contribution < -0.4 is 0 Å². The fraction of sp³-hybridized carbons (Fsp3) is 0.0741. The highest BCUT2D eigenvalue weighted by atomic mass is 35.5. The molecule has 2 nitrogen and oxygen atoms in total. The number of halogens is 1. The molecule has 0 heterocycles. The van der Waals surface area contributed by atoms with E-state index in [1.165, 1.54) is 0 Å². The highest BCUT2D eigenvalue weighted by molar-refractivity contribution is 6.30. The molecule has 0 aliphatic rings. The van der Waals surface area contributed by atoms with Crippen molar-refractivity contribution in [3.8, 4) is 33.4 Å². The Hall–Kier alpha value is -3.36. The Bertz CT molecular complexity index is 1160. The van der Waals surface area contributed by atoms with Crippen LogP contribution in [0, 0.1) is 0 Å². The molecule has 148 valence electrons. The third-order valence-electron chi connectivity index (χ3n) is 4.97. The van der Waals surface area contributed by atoms with Crippen LogP contribution >= 0.6 is 11.6 Å². The highest BCUT2D eigenvalue weighted by Gasteiger charge is 2.08. The number of hydrogen-bond acceptors (Lipinski definition) is 2. The molecule has 0 fully saturated rings. The molecule has 0 bridgehead atoms. The molecular weight excluding hydrogens is 392 g/mol. The summed E-state index contributed by atoms with van der Waals surface area (Å²) in [6, 6.07) is 32.2. The van der Waals surface area contributed by atoms with Crippen LogP contribution in [0.2, 0.25) is 5.02 Å². The zero-order valence-corrected chi connectivity index (χ0v) is 17.4. The second kappa shape index (κ2) is 8.98. The summed E-state index contributed by atoms with van der Waals surface area (Å²) >= 11 is 6.10. The summed E-state index contributed by atoms with van der Waals surface area (Å²) in [7, 11) is 0. The van der Waals surface area contributed by atoms with E-state index in [0.717, 1.165) is 38.4 Å². The molecule has 4 aromatic rings. The number of carbonyl (C=O) groups is 1. The number of esters is 1. The van der Waals surface area contributed by atoms with Gasteiger partial charge in [-0.15, -0.1) is 0 Å². The van der Waals surface area contributed by atoms with Crippen molar-refractivity contribution in [2.24, 2.45) is 0 Å². The number of rotatable bonds is 5. The third-order valence-corrected chi connectivity index (χ3v) is 5.20. The molecule has 4 rings (SSSR count). The molecule has 0 N–H and O–H groups in total. The van der Waals surface area contributed by atoms with Crippen molar-refractivity contribution in [1.82, 2.24) is 0 Å². The van der Waals surface area contributed by atoms with Crippen LogP contribution in [-0.4, -0.2) is 12.6 Å². The minimum absolute atomic E-state index is 0.296. The molecule has 0 amide bonds. The number of hydrogen-bond donors (Lipinski definition) is 0. The normalized spacial score (nSPS) is 10.6. The average Bonchev–Trinajstić information content (AvgIpc) is 2.80. The second-order valence-electron chi connectivity index (χ2n) is 6.97. The molecule has 0 aliphatic heterocycles. The van der Waals surface area contributed by atoms with Gasteiger partial charge < -0.3 is 4.74 Å². The van der Waals surface area contributed by atoms with Gasteiger partial charge in [0, 0.05) is 5.02 Å². The fourth-order valence-corrected chi connectivity index (χ4v) is 3.61. The van der Waals surface area contributed by atoms with E-state index in [-0.39, 0.29) is 5.97 Å². The predicted octanol–water partition coefficient (Wildman–Crippen LogP) is 7.52. The lowest BCUT2D eigenvalue weighted by atomic mass is 9.97. The summed E-state index contributed by atoms with van der Waals surface area (Å²) in [5, 5.41) is 0.735. The van der Waals surface area contributed by atoms with E-state index in [2.05, 4.69) is 54.6 Å². The summed E-state index contributed by atoms with van der Waals surface area (Å²) in [6.07, 6.45) is 0. The Labute approximate surface area is 181 Å². The minimum atomic E-state index is -0.296. The topological polar surface area (TPSA) is 26.3 Å². The van der Waals surface area contributed by atoms with Gasteiger partial charge in [0.05, 0.1) is 12.2 Å².